The Morgan fingerprint density at radius 1 is 1.17 bits per heavy atom. The molecule has 18 heavy (non-hydrogen) atoms. The van der Waals surface area contributed by atoms with E-state index in [1.54, 1.807) is 0 Å². The third-order valence-corrected chi connectivity index (χ3v) is 3.42. The first-order chi connectivity index (χ1) is 8.47. The zero-order valence-corrected chi connectivity index (χ0v) is 12.9. The van der Waals surface area contributed by atoms with E-state index in [0.717, 1.165) is 21.3 Å². The molecule has 0 atom stereocenters. The van der Waals surface area contributed by atoms with E-state index >= 15 is 0 Å². The maximum Gasteiger partial charge on any atom is 0.161 e. The van der Waals surface area contributed by atoms with Crippen LogP contribution in [0.4, 0.5) is 0 Å². The molecule has 0 bridgehead atoms. The standard InChI is InChI=1S/C14H14BrClN2/c1-8(2)12-7-13(16)18-14(17-12)11-5-4-10(15)6-9(11)3/h4-8H,1-3H3. The van der Waals surface area contributed by atoms with Crippen LogP contribution in [0.2, 0.25) is 5.15 Å². The number of rotatable bonds is 2. The summed E-state index contributed by atoms with van der Waals surface area (Å²) in [5.74, 6) is 1.02. The lowest BCUT2D eigenvalue weighted by atomic mass is 10.1. The second kappa shape index (κ2) is 5.37. The first-order valence-corrected chi connectivity index (χ1v) is 6.95. The minimum absolute atomic E-state index is 0.333. The third-order valence-electron chi connectivity index (χ3n) is 2.74. The highest BCUT2D eigenvalue weighted by Crippen LogP contribution is 2.26. The first kappa shape index (κ1) is 13.5. The number of benzene rings is 1. The van der Waals surface area contributed by atoms with Gasteiger partial charge in [-0.1, -0.05) is 41.4 Å². The highest BCUT2D eigenvalue weighted by molar-refractivity contribution is 9.10. The monoisotopic (exact) mass is 324 g/mol. The van der Waals surface area contributed by atoms with Crippen LogP contribution in [-0.4, -0.2) is 9.97 Å². The lowest BCUT2D eigenvalue weighted by molar-refractivity contribution is 0.816. The van der Waals surface area contributed by atoms with Gasteiger partial charge in [0.15, 0.2) is 5.82 Å². The number of aryl methyl sites for hydroxylation is 1. The van der Waals surface area contributed by atoms with Crippen LogP contribution in [-0.2, 0) is 0 Å². The Kier molecular flexibility index (Phi) is 4.03. The van der Waals surface area contributed by atoms with Gasteiger partial charge in [0.1, 0.15) is 5.15 Å². The second-order valence-electron chi connectivity index (χ2n) is 4.55. The van der Waals surface area contributed by atoms with Gasteiger partial charge in [-0.25, -0.2) is 9.97 Å². The van der Waals surface area contributed by atoms with Crippen molar-refractivity contribution in [3.8, 4) is 11.4 Å². The number of hydrogen-bond donors (Lipinski definition) is 0. The average molecular weight is 326 g/mol. The zero-order valence-electron chi connectivity index (χ0n) is 10.5. The van der Waals surface area contributed by atoms with E-state index in [1.165, 1.54) is 0 Å². The minimum atomic E-state index is 0.333. The molecule has 0 N–H and O–H groups in total. The van der Waals surface area contributed by atoms with Crippen molar-refractivity contribution in [2.24, 2.45) is 0 Å². The molecule has 1 aromatic carbocycles. The molecule has 2 rings (SSSR count). The van der Waals surface area contributed by atoms with Crippen molar-refractivity contribution < 1.29 is 0 Å². The highest BCUT2D eigenvalue weighted by Gasteiger charge is 2.10. The van der Waals surface area contributed by atoms with Crippen molar-refractivity contribution >= 4 is 27.5 Å². The Morgan fingerprint density at radius 3 is 2.50 bits per heavy atom. The smallest absolute Gasteiger partial charge is 0.161 e. The fourth-order valence-electron chi connectivity index (χ4n) is 1.73. The van der Waals surface area contributed by atoms with E-state index in [1.807, 2.05) is 25.1 Å². The third kappa shape index (κ3) is 2.90. The van der Waals surface area contributed by atoms with Gasteiger partial charge in [0, 0.05) is 15.7 Å². The molecule has 0 unspecified atom stereocenters. The van der Waals surface area contributed by atoms with Gasteiger partial charge >= 0.3 is 0 Å². The maximum atomic E-state index is 6.07. The van der Waals surface area contributed by atoms with E-state index in [9.17, 15) is 0 Å². The van der Waals surface area contributed by atoms with Crippen molar-refractivity contribution in [2.75, 3.05) is 0 Å². The first-order valence-electron chi connectivity index (χ1n) is 5.78. The van der Waals surface area contributed by atoms with Crippen LogP contribution >= 0.6 is 27.5 Å². The Bertz CT molecular complexity index is 582. The average Bonchev–Trinajstić information content (AvgIpc) is 2.27. The molecule has 2 aromatic rings. The summed E-state index contributed by atoms with van der Waals surface area (Å²) in [5, 5.41) is 0.492. The largest absolute Gasteiger partial charge is 0.233 e. The zero-order chi connectivity index (χ0) is 13.3. The van der Waals surface area contributed by atoms with E-state index in [-0.39, 0.29) is 0 Å². The van der Waals surface area contributed by atoms with E-state index in [0.29, 0.717) is 16.9 Å². The molecular weight excluding hydrogens is 312 g/mol. The molecule has 0 saturated carbocycles. The Morgan fingerprint density at radius 2 is 1.89 bits per heavy atom. The number of halogens is 2. The van der Waals surface area contributed by atoms with E-state index in [4.69, 9.17) is 11.6 Å². The van der Waals surface area contributed by atoms with Crippen molar-refractivity contribution in [1.29, 1.82) is 0 Å². The van der Waals surface area contributed by atoms with Crippen molar-refractivity contribution in [2.45, 2.75) is 26.7 Å². The Balaban J connectivity index is 2.56. The summed E-state index contributed by atoms with van der Waals surface area (Å²) in [5.41, 5.74) is 3.11. The van der Waals surface area contributed by atoms with Crippen molar-refractivity contribution in [1.82, 2.24) is 9.97 Å². The summed E-state index contributed by atoms with van der Waals surface area (Å²) < 4.78 is 1.05. The summed E-state index contributed by atoms with van der Waals surface area (Å²) in [4.78, 5) is 8.90. The van der Waals surface area contributed by atoms with E-state index < -0.39 is 0 Å². The molecule has 0 radical (unpaired) electrons. The molecule has 0 aliphatic rings. The normalized spacial score (nSPS) is 11.0. The predicted octanol–water partition coefficient (Wildman–Crippen LogP) is 4.99. The van der Waals surface area contributed by atoms with Crippen LogP contribution in [0, 0.1) is 6.92 Å². The lowest BCUT2D eigenvalue weighted by Gasteiger charge is -2.09. The van der Waals surface area contributed by atoms with Crippen LogP contribution in [0.15, 0.2) is 28.7 Å². The molecule has 1 heterocycles. The molecule has 4 heteroatoms. The van der Waals surface area contributed by atoms with E-state index in [2.05, 4.69) is 45.8 Å². The SMILES string of the molecule is Cc1cc(Br)ccc1-c1nc(Cl)cc(C(C)C)n1. The molecule has 0 spiro atoms. The molecule has 0 amide bonds. The van der Waals surface area contributed by atoms with Gasteiger partial charge < -0.3 is 0 Å². The van der Waals surface area contributed by atoms with Gasteiger partial charge in [-0.05, 0) is 42.7 Å². The Labute approximate surface area is 121 Å². The fraction of sp³-hybridized carbons (Fsp3) is 0.286. The Hall–Kier alpha value is -0.930. The summed E-state index contributed by atoms with van der Waals surface area (Å²) in [6.45, 7) is 6.23. The summed E-state index contributed by atoms with van der Waals surface area (Å²) in [7, 11) is 0. The topological polar surface area (TPSA) is 25.8 Å². The molecule has 0 saturated heterocycles. The summed E-state index contributed by atoms with van der Waals surface area (Å²) in [6, 6.07) is 7.87. The lowest BCUT2D eigenvalue weighted by Crippen LogP contribution is -1.99. The van der Waals surface area contributed by atoms with Gasteiger partial charge in [0.25, 0.3) is 0 Å². The van der Waals surface area contributed by atoms with Gasteiger partial charge in [0.05, 0.1) is 0 Å². The van der Waals surface area contributed by atoms with Crippen LogP contribution in [0.5, 0.6) is 0 Å². The van der Waals surface area contributed by atoms with Gasteiger partial charge in [-0.3, -0.25) is 0 Å². The number of nitrogens with zero attached hydrogens (tertiary/aromatic N) is 2. The molecule has 0 aliphatic carbocycles. The summed E-state index contributed by atoms with van der Waals surface area (Å²) >= 11 is 9.52. The molecule has 0 fully saturated rings. The molecule has 94 valence electrons. The van der Waals surface area contributed by atoms with Crippen LogP contribution in [0.1, 0.15) is 31.0 Å². The number of hydrogen-bond acceptors (Lipinski definition) is 2. The van der Waals surface area contributed by atoms with Crippen LogP contribution in [0.3, 0.4) is 0 Å². The van der Waals surface area contributed by atoms with Crippen LogP contribution in [0.25, 0.3) is 11.4 Å². The summed E-state index contributed by atoms with van der Waals surface area (Å²) in [6.07, 6.45) is 0. The second-order valence-corrected chi connectivity index (χ2v) is 5.86. The van der Waals surface area contributed by atoms with Crippen molar-refractivity contribution in [3.05, 3.63) is 45.1 Å². The van der Waals surface area contributed by atoms with Gasteiger partial charge in [-0.2, -0.15) is 0 Å². The molecular formula is C14H14BrClN2. The van der Waals surface area contributed by atoms with Gasteiger partial charge in [0.2, 0.25) is 0 Å². The molecule has 1 aromatic heterocycles. The minimum Gasteiger partial charge on any atom is -0.233 e. The van der Waals surface area contributed by atoms with Gasteiger partial charge in [-0.15, -0.1) is 0 Å². The fourth-order valence-corrected chi connectivity index (χ4v) is 2.40. The number of aromatic nitrogens is 2. The quantitative estimate of drug-likeness (QED) is 0.727. The van der Waals surface area contributed by atoms with Crippen molar-refractivity contribution in [3.63, 3.8) is 0 Å². The van der Waals surface area contributed by atoms with Crippen LogP contribution < -0.4 is 0 Å². The maximum absolute atomic E-state index is 6.07. The molecule has 0 aliphatic heterocycles. The predicted molar refractivity (Wildman–Crippen MR) is 79.0 cm³/mol. The molecule has 2 nitrogen and oxygen atoms in total. The highest BCUT2D eigenvalue weighted by atomic mass is 79.9.